The number of aromatic nitrogens is 1. The number of likely N-dealkylation sites (N-methyl/N-ethyl adjacent to an activating group) is 1. The third kappa shape index (κ3) is 9.22. The molecular formula is C35H48N4O8S. The monoisotopic (exact) mass is 684 g/mol. The fraction of sp³-hybridized carbons (Fsp3) is 0.514. The van der Waals surface area contributed by atoms with Crippen LogP contribution in [0.15, 0.2) is 57.9 Å². The smallest absolute Gasteiger partial charge is 0.258 e. The predicted octanol–water partition coefficient (Wildman–Crippen LogP) is 4.59. The van der Waals surface area contributed by atoms with E-state index in [0.29, 0.717) is 24.5 Å². The van der Waals surface area contributed by atoms with Crippen LogP contribution in [0.1, 0.15) is 67.4 Å². The van der Waals surface area contributed by atoms with Gasteiger partial charge in [-0.3, -0.25) is 9.59 Å². The van der Waals surface area contributed by atoms with Crippen LogP contribution in [0.4, 0.5) is 5.69 Å². The van der Waals surface area contributed by atoms with E-state index in [1.165, 1.54) is 11.4 Å². The number of ether oxygens (including phenoxy) is 2. The van der Waals surface area contributed by atoms with Gasteiger partial charge in [-0.15, -0.1) is 0 Å². The number of sulfonamides is 1. The third-order valence-electron chi connectivity index (χ3n) is 8.62. The molecule has 0 fully saturated rings. The molecule has 0 radical (unpaired) electrons. The van der Waals surface area contributed by atoms with Crippen molar-refractivity contribution in [3.63, 3.8) is 0 Å². The first-order valence-corrected chi connectivity index (χ1v) is 17.8. The van der Waals surface area contributed by atoms with Gasteiger partial charge in [-0.2, -0.15) is 4.31 Å². The quantitative estimate of drug-likeness (QED) is 0.330. The van der Waals surface area contributed by atoms with Gasteiger partial charge in [0.25, 0.3) is 5.91 Å². The van der Waals surface area contributed by atoms with E-state index < -0.39 is 28.1 Å². The molecule has 0 saturated carbocycles. The standard InChI is InChI=1S/C35H48N4O8S/c1-23-20-39(24(2)22-40)35(42)30-19-29(36-33(41)18-28-13-8-7-9-14-28)15-16-31(30)46-25(3)12-10-11-17-45-32(23)21-38(6)48(43,44)34-26(4)37-47-27(34)5/h7-9,13-16,19,23-25,32,40H,10-12,17-18,20-22H2,1-6H3,(H,36,41)/t23-,24-,25+,32+/m0/s1. The minimum atomic E-state index is -3.94. The number of hydrogen-bond donors (Lipinski definition) is 2. The van der Waals surface area contributed by atoms with Crippen molar-refractivity contribution in [1.29, 1.82) is 0 Å². The number of anilines is 1. The Kier molecular flexibility index (Phi) is 12.8. The summed E-state index contributed by atoms with van der Waals surface area (Å²) in [6, 6.07) is 13.8. The average Bonchev–Trinajstić information content (AvgIpc) is 3.40. The Labute approximate surface area is 283 Å². The molecule has 0 unspecified atom stereocenters. The molecule has 2 aromatic carbocycles. The summed E-state index contributed by atoms with van der Waals surface area (Å²) in [5.41, 5.74) is 1.83. The fourth-order valence-electron chi connectivity index (χ4n) is 5.80. The lowest BCUT2D eigenvalue weighted by Crippen LogP contribution is -2.48. The normalized spacial score (nSPS) is 20.5. The Balaban J connectivity index is 1.64. The summed E-state index contributed by atoms with van der Waals surface area (Å²) >= 11 is 0. The summed E-state index contributed by atoms with van der Waals surface area (Å²) in [7, 11) is -2.45. The molecule has 4 atom stereocenters. The Hall–Kier alpha value is -3.78. The molecule has 48 heavy (non-hydrogen) atoms. The van der Waals surface area contributed by atoms with Crippen LogP contribution in [0.3, 0.4) is 0 Å². The van der Waals surface area contributed by atoms with E-state index >= 15 is 0 Å². The number of carbonyl (C=O) groups excluding carboxylic acids is 2. The highest BCUT2D eigenvalue weighted by Crippen LogP contribution is 2.29. The van der Waals surface area contributed by atoms with Gasteiger partial charge in [0.2, 0.25) is 15.9 Å². The number of aliphatic hydroxyl groups is 1. The Morgan fingerprint density at radius 3 is 2.54 bits per heavy atom. The lowest BCUT2D eigenvalue weighted by molar-refractivity contribution is -0.115. The average molecular weight is 685 g/mol. The first kappa shape index (κ1) is 37.0. The van der Waals surface area contributed by atoms with Crippen molar-refractivity contribution in [3.8, 4) is 5.75 Å². The van der Waals surface area contributed by atoms with Crippen LogP contribution < -0.4 is 10.1 Å². The third-order valence-corrected chi connectivity index (χ3v) is 10.7. The van der Waals surface area contributed by atoms with Gasteiger partial charge in [0.15, 0.2) is 5.76 Å². The maximum absolute atomic E-state index is 14.4. The number of benzene rings is 2. The molecule has 13 heteroatoms. The number of aliphatic hydroxyl groups excluding tert-OH is 1. The van der Waals surface area contributed by atoms with E-state index in [9.17, 15) is 23.1 Å². The Morgan fingerprint density at radius 1 is 1.15 bits per heavy atom. The summed E-state index contributed by atoms with van der Waals surface area (Å²) in [5, 5.41) is 16.9. The molecule has 0 aliphatic carbocycles. The molecule has 262 valence electrons. The maximum atomic E-state index is 14.4. The molecule has 2 N–H and O–H groups in total. The molecule has 3 aromatic rings. The van der Waals surface area contributed by atoms with Crippen molar-refractivity contribution in [3.05, 3.63) is 71.1 Å². The molecule has 0 saturated heterocycles. The van der Waals surface area contributed by atoms with Crippen molar-refractivity contribution < 1.29 is 37.1 Å². The lowest BCUT2D eigenvalue weighted by Gasteiger charge is -2.35. The number of nitrogens with one attached hydrogen (secondary N) is 1. The zero-order chi connectivity index (χ0) is 35.0. The second-order valence-corrected chi connectivity index (χ2v) is 14.6. The van der Waals surface area contributed by atoms with Crippen molar-refractivity contribution >= 4 is 27.5 Å². The molecule has 2 heterocycles. The number of hydrogen-bond acceptors (Lipinski definition) is 9. The minimum Gasteiger partial charge on any atom is -0.490 e. The number of nitrogens with zero attached hydrogens (tertiary/aromatic N) is 3. The summed E-state index contributed by atoms with van der Waals surface area (Å²) in [4.78, 5) is 28.8. The van der Waals surface area contributed by atoms with Gasteiger partial charge in [0, 0.05) is 38.3 Å². The minimum absolute atomic E-state index is 0.0246. The highest BCUT2D eigenvalue weighted by atomic mass is 32.2. The zero-order valence-corrected chi connectivity index (χ0v) is 29.5. The molecule has 0 spiro atoms. The van der Waals surface area contributed by atoms with Gasteiger partial charge in [0.05, 0.1) is 36.8 Å². The van der Waals surface area contributed by atoms with E-state index in [4.69, 9.17) is 14.0 Å². The van der Waals surface area contributed by atoms with Gasteiger partial charge < -0.3 is 29.3 Å². The van der Waals surface area contributed by atoms with Gasteiger partial charge in [0.1, 0.15) is 16.3 Å². The first-order valence-electron chi connectivity index (χ1n) is 16.4. The number of carbonyl (C=O) groups is 2. The summed E-state index contributed by atoms with van der Waals surface area (Å²) < 4.78 is 46.1. The van der Waals surface area contributed by atoms with E-state index in [1.807, 2.05) is 44.2 Å². The molecule has 2 amide bonds. The first-order chi connectivity index (χ1) is 22.8. The zero-order valence-electron chi connectivity index (χ0n) is 28.6. The topological polar surface area (TPSA) is 152 Å². The Bertz CT molecular complexity index is 1630. The van der Waals surface area contributed by atoms with Crippen LogP contribution in [0.25, 0.3) is 0 Å². The van der Waals surface area contributed by atoms with Crippen LogP contribution in [0.2, 0.25) is 0 Å². The van der Waals surface area contributed by atoms with Crippen LogP contribution in [0.5, 0.6) is 5.75 Å². The maximum Gasteiger partial charge on any atom is 0.258 e. The molecule has 12 nitrogen and oxygen atoms in total. The van der Waals surface area contributed by atoms with Crippen LogP contribution in [-0.2, 0) is 26.0 Å². The molecule has 4 rings (SSSR count). The van der Waals surface area contributed by atoms with Crippen LogP contribution in [0, 0.1) is 19.8 Å². The molecule has 1 aromatic heterocycles. The van der Waals surface area contributed by atoms with Crippen LogP contribution >= 0.6 is 0 Å². The highest BCUT2D eigenvalue weighted by Gasteiger charge is 2.34. The van der Waals surface area contributed by atoms with Crippen molar-refractivity contribution in [1.82, 2.24) is 14.4 Å². The molecular weight excluding hydrogens is 636 g/mol. The molecule has 0 bridgehead atoms. The van der Waals surface area contributed by atoms with Gasteiger partial charge in [-0.25, -0.2) is 8.42 Å². The van der Waals surface area contributed by atoms with Gasteiger partial charge in [-0.05, 0) is 70.7 Å². The van der Waals surface area contributed by atoms with E-state index in [1.54, 1.807) is 43.9 Å². The van der Waals surface area contributed by atoms with Gasteiger partial charge >= 0.3 is 0 Å². The number of aryl methyl sites for hydroxylation is 2. The van der Waals surface area contributed by atoms with Crippen molar-refractivity contribution in [2.75, 3.05) is 38.7 Å². The van der Waals surface area contributed by atoms with Crippen molar-refractivity contribution in [2.45, 2.75) is 83.4 Å². The molecule has 1 aliphatic rings. The number of amides is 2. The number of rotatable bonds is 9. The lowest BCUT2D eigenvalue weighted by atomic mass is 10.0. The highest BCUT2D eigenvalue weighted by molar-refractivity contribution is 7.89. The van der Waals surface area contributed by atoms with E-state index in [-0.39, 0.29) is 66.0 Å². The predicted molar refractivity (Wildman–Crippen MR) is 181 cm³/mol. The molecule has 1 aliphatic heterocycles. The van der Waals surface area contributed by atoms with E-state index in [2.05, 4.69) is 10.5 Å². The van der Waals surface area contributed by atoms with Crippen molar-refractivity contribution in [2.24, 2.45) is 5.92 Å². The number of fused-ring (bicyclic) bond motifs is 1. The van der Waals surface area contributed by atoms with E-state index in [0.717, 1.165) is 18.4 Å². The summed E-state index contributed by atoms with van der Waals surface area (Å²) in [6.07, 6.45) is 1.59. The second-order valence-electron chi connectivity index (χ2n) is 12.7. The summed E-state index contributed by atoms with van der Waals surface area (Å²) in [6.45, 7) is 9.00. The second kappa shape index (κ2) is 16.6. The summed E-state index contributed by atoms with van der Waals surface area (Å²) in [5.74, 6) is -0.374. The van der Waals surface area contributed by atoms with Crippen LogP contribution in [-0.4, -0.2) is 91.3 Å². The SMILES string of the molecule is Cc1noc(C)c1S(=O)(=O)N(C)C[C@H]1OCCCC[C@@H](C)Oc2ccc(NC(=O)Cc3ccccc3)cc2C(=O)N([C@@H](C)CO)C[C@@H]1C. The Morgan fingerprint density at radius 2 is 1.88 bits per heavy atom. The largest absolute Gasteiger partial charge is 0.490 e. The van der Waals surface area contributed by atoms with Gasteiger partial charge in [-0.1, -0.05) is 42.4 Å². The fourth-order valence-corrected chi connectivity index (χ4v) is 7.27.